The fraction of sp³-hybridized carbons (Fsp3) is 0.355. The summed E-state index contributed by atoms with van der Waals surface area (Å²) in [7, 11) is 0. The van der Waals surface area contributed by atoms with Crippen LogP contribution in [0, 0.1) is 5.92 Å². The highest BCUT2D eigenvalue weighted by Gasteiger charge is 2.46. The normalized spacial score (nSPS) is 21.8. The van der Waals surface area contributed by atoms with Crippen LogP contribution in [0.5, 0.6) is 5.75 Å². The number of ether oxygens (including phenoxy) is 2. The van der Waals surface area contributed by atoms with Gasteiger partial charge < -0.3 is 14.4 Å². The second-order valence-electron chi connectivity index (χ2n) is 10.6. The van der Waals surface area contributed by atoms with Crippen LogP contribution in [0.4, 0.5) is 18.0 Å². The number of piperidine rings is 1. The monoisotopic (exact) mass is 535 g/mol. The highest BCUT2D eigenvalue weighted by Crippen LogP contribution is 2.45. The van der Waals surface area contributed by atoms with Gasteiger partial charge >= 0.3 is 12.5 Å². The molecule has 3 aliphatic rings. The molecule has 0 saturated carbocycles. The van der Waals surface area contributed by atoms with E-state index in [1.807, 2.05) is 24.3 Å². The number of para-hydroxylation sites is 1. The Kier molecular flexibility index (Phi) is 6.57. The van der Waals surface area contributed by atoms with Gasteiger partial charge in [-0.25, -0.2) is 4.79 Å². The number of fused-ring (bicyclic) bond motifs is 5. The molecule has 3 aromatic carbocycles. The Morgan fingerprint density at radius 3 is 2.00 bits per heavy atom. The van der Waals surface area contributed by atoms with Crippen molar-refractivity contribution in [2.45, 2.75) is 56.5 Å². The third-order valence-corrected chi connectivity index (χ3v) is 8.30. The number of carbonyl (C=O) groups excluding carboxylic acids is 2. The molecule has 2 aliphatic heterocycles. The zero-order valence-electron chi connectivity index (χ0n) is 21.2. The van der Waals surface area contributed by atoms with E-state index in [0.29, 0.717) is 12.8 Å². The van der Waals surface area contributed by atoms with Crippen molar-refractivity contribution in [3.8, 4) is 16.9 Å². The van der Waals surface area contributed by atoms with Crippen molar-refractivity contribution in [2.75, 3.05) is 6.61 Å². The topological polar surface area (TPSA) is 55.8 Å². The molecule has 8 heteroatoms. The lowest BCUT2D eigenvalue weighted by atomic mass is 9.85. The van der Waals surface area contributed by atoms with E-state index in [0.717, 1.165) is 35.1 Å². The minimum Gasteiger partial charge on any atom is -0.448 e. The molecule has 3 aromatic rings. The summed E-state index contributed by atoms with van der Waals surface area (Å²) in [5, 5.41) is 0. The van der Waals surface area contributed by atoms with Gasteiger partial charge in [-0.1, -0.05) is 66.7 Å². The third kappa shape index (κ3) is 5.00. The summed E-state index contributed by atoms with van der Waals surface area (Å²) in [6, 6.07) is 21.9. The number of hydrogen-bond acceptors (Lipinski definition) is 4. The first-order valence-corrected chi connectivity index (χ1v) is 13.3. The van der Waals surface area contributed by atoms with Crippen molar-refractivity contribution in [3.05, 3.63) is 89.5 Å². The van der Waals surface area contributed by atoms with Crippen LogP contribution in [0.3, 0.4) is 0 Å². The molecule has 202 valence electrons. The number of nitrogens with zero attached hydrogens (tertiary/aromatic N) is 1. The van der Waals surface area contributed by atoms with Crippen LogP contribution in [0.2, 0.25) is 0 Å². The summed E-state index contributed by atoms with van der Waals surface area (Å²) in [6.45, 7) is 0.237. The Morgan fingerprint density at radius 2 is 1.38 bits per heavy atom. The van der Waals surface area contributed by atoms with Gasteiger partial charge in [-0.15, -0.1) is 13.2 Å². The molecule has 0 N–H and O–H groups in total. The fourth-order valence-corrected chi connectivity index (χ4v) is 6.61. The molecule has 2 unspecified atom stereocenters. The predicted octanol–water partition coefficient (Wildman–Crippen LogP) is 6.89. The maximum absolute atomic E-state index is 13.3. The number of alkyl halides is 3. The average molecular weight is 536 g/mol. The fourth-order valence-electron chi connectivity index (χ4n) is 6.61. The van der Waals surface area contributed by atoms with E-state index in [9.17, 15) is 22.8 Å². The van der Waals surface area contributed by atoms with Gasteiger partial charge in [0.25, 0.3) is 0 Å². The molecule has 2 heterocycles. The number of carbonyl (C=O) groups is 2. The first kappa shape index (κ1) is 25.5. The molecule has 1 aliphatic carbocycles. The number of ketones is 1. The van der Waals surface area contributed by atoms with E-state index in [-0.39, 0.29) is 60.1 Å². The zero-order chi connectivity index (χ0) is 27.1. The zero-order valence-corrected chi connectivity index (χ0v) is 21.2. The number of benzene rings is 3. The van der Waals surface area contributed by atoms with Crippen molar-refractivity contribution in [1.29, 1.82) is 0 Å². The van der Waals surface area contributed by atoms with Crippen molar-refractivity contribution in [1.82, 2.24) is 4.90 Å². The van der Waals surface area contributed by atoms with Crippen molar-refractivity contribution < 1.29 is 32.2 Å². The number of halogens is 3. The summed E-state index contributed by atoms with van der Waals surface area (Å²) in [6.07, 6.45) is -2.78. The summed E-state index contributed by atoms with van der Waals surface area (Å²) in [5.74, 6) is -0.828. The molecule has 2 bridgehead atoms. The molecule has 2 saturated heterocycles. The molecule has 0 spiro atoms. The second kappa shape index (κ2) is 10.1. The van der Waals surface area contributed by atoms with Gasteiger partial charge in [-0.2, -0.15) is 0 Å². The number of amides is 1. The van der Waals surface area contributed by atoms with E-state index in [2.05, 4.69) is 29.0 Å². The quantitative estimate of drug-likeness (QED) is 0.345. The molecule has 0 radical (unpaired) electrons. The Bertz CT molecular complexity index is 1340. The molecule has 39 heavy (non-hydrogen) atoms. The van der Waals surface area contributed by atoms with Gasteiger partial charge in [0.2, 0.25) is 0 Å². The molecule has 5 nitrogen and oxygen atoms in total. The first-order chi connectivity index (χ1) is 18.8. The van der Waals surface area contributed by atoms with Crippen LogP contribution < -0.4 is 4.74 Å². The van der Waals surface area contributed by atoms with Crippen LogP contribution in [0.25, 0.3) is 11.1 Å². The Labute approximate surface area is 224 Å². The first-order valence-electron chi connectivity index (χ1n) is 13.3. The minimum atomic E-state index is -4.83. The molecule has 0 aromatic heterocycles. The second-order valence-corrected chi connectivity index (χ2v) is 10.6. The van der Waals surface area contributed by atoms with Crippen LogP contribution in [0.1, 0.15) is 48.3 Å². The van der Waals surface area contributed by atoms with E-state index < -0.39 is 6.36 Å². The summed E-state index contributed by atoms with van der Waals surface area (Å²) < 4.78 is 48.4. The Balaban J connectivity index is 1.10. The van der Waals surface area contributed by atoms with Crippen LogP contribution >= 0.6 is 0 Å². The van der Waals surface area contributed by atoms with Gasteiger partial charge in [-0.3, -0.25) is 4.79 Å². The lowest BCUT2D eigenvalue weighted by Gasteiger charge is -2.38. The molecular weight excluding hydrogens is 507 g/mol. The predicted molar refractivity (Wildman–Crippen MR) is 138 cm³/mol. The highest BCUT2D eigenvalue weighted by atomic mass is 19.4. The Morgan fingerprint density at radius 1 is 0.821 bits per heavy atom. The summed E-state index contributed by atoms with van der Waals surface area (Å²) in [5.41, 5.74) is 4.83. The van der Waals surface area contributed by atoms with Gasteiger partial charge in [0.15, 0.2) is 0 Å². The van der Waals surface area contributed by atoms with Crippen molar-refractivity contribution >= 4 is 11.9 Å². The number of Topliss-reactive ketones (excluding diaryl/α,β-unsaturated/α-hetero) is 1. The minimum absolute atomic E-state index is 0.0305. The SMILES string of the molecule is O=C(Cc1ccccc1OC(F)(F)F)C1CC2CCC(C1)N2C(=O)OCC1c2ccccc2-c2ccccc21. The highest BCUT2D eigenvalue weighted by molar-refractivity contribution is 5.84. The van der Waals surface area contributed by atoms with Gasteiger partial charge in [0.1, 0.15) is 18.1 Å². The molecular formula is C31H28F3NO4. The van der Waals surface area contributed by atoms with Gasteiger partial charge in [0, 0.05) is 35.9 Å². The molecule has 1 amide bonds. The van der Waals surface area contributed by atoms with Crippen LogP contribution in [-0.4, -0.2) is 41.8 Å². The maximum atomic E-state index is 13.3. The summed E-state index contributed by atoms with van der Waals surface area (Å²) in [4.78, 5) is 28.2. The van der Waals surface area contributed by atoms with Gasteiger partial charge in [-0.05, 0) is 54.0 Å². The van der Waals surface area contributed by atoms with E-state index >= 15 is 0 Å². The molecule has 6 rings (SSSR count). The number of rotatable bonds is 6. The summed E-state index contributed by atoms with van der Waals surface area (Å²) >= 11 is 0. The van der Waals surface area contributed by atoms with Crippen LogP contribution in [0.15, 0.2) is 72.8 Å². The van der Waals surface area contributed by atoms with E-state index in [4.69, 9.17) is 4.74 Å². The van der Waals surface area contributed by atoms with Crippen molar-refractivity contribution in [2.24, 2.45) is 5.92 Å². The smallest absolute Gasteiger partial charge is 0.448 e. The average Bonchev–Trinajstić information content (AvgIpc) is 3.38. The molecule has 2 fully saturated rings. The Hall–Kier alpha value is -3.81. The van der Waals surface area contributed by atoms with Gasteiger partial charge in [0.05, 0.1) is 0 Å². The van der Waals surface area contributed by atoms with E-state index in [1.165, 1.54) is 18.2 Å². The largest absolute Gasteiger partial charge is 0.573 e. The van der Waals surface area contributed by atoms with E-state index in [1.54, 1.807) is 11.0 Å². The van der Waals surface area contributed by atoms with Crippen LogP contribution in [-0.2, 0) is 16.0 Å². The lowest BCUT2D eigenvalue weighted by molar-refractivity contribution is -0.274. The lowest BCUT2D eigenvalue weighted by Crippen LogP contribution is -2.48. The maximum Gasteiger partial charge on any atom is 0.573 e. The van der Waals surface area contributed by atoms with Crippen molar-refractivity contribution in [3.63, 3.8) is 0 Å². The third-order valence-electron chi connectivity index (χ3n) is 8.30. The molecule has 2 atom stereocenters. The number of hydrogen-bond donors (Lipinski definition) is 0. The standard InChI is InChI=1S/C31H28F3NO4/c32-31(33,34)39-29-12-6-1-7-19(29)17-28(36)20-15-21-13-14-22(16-20)35(21)30(37)38-18-27-25-10-4-2-8-23(25)24-9-3-5-11-26(24)27/h1-12,20-22,27H,13-18H2.